The van der Waals surface area contributed by atoms with Gasteiger partial charge in [0.2, 0.25) is 10.0 Å². The fourth-order valence-electron chi connectivity index (χ4n) is 2.53. The molecule has 0 radical (unpaired) electrons. The number of hydrogen-bond donors (Lipinski definition) is 1. The highest BCUT2D eigenvalue weighted by atomic mass is 32.2. The monoisotopic (exact) mass is 383 g/mol. The summed E-state index contributed by atoms with van der Waals surface area (Å²) < 4.78 is 30.1. The van der Waals surface area contributed by atoms with Crippen LogP contribution in [0.1, 0.15) is 12.5 Å². The maximum absolute atomic E-state index is 12.2. The van der Waals surface area contributed by atoms with E-state index in [4.69, 9.17) is 4.74 Å². The number of aryl methyl sites for hydroxylation is 1. The van der Waals surface area contributed by atoms with Gasteiger partial charge in [0.05, 0.1) is 11.9 Å². The van der Waals surface area contributed by atoms with Crippen LogP contribution in [-0.4, -0.2) is 63.2 Å². The van der Waals surface area contributed by atoms with E-state index in [-0.39, 0.29) is 6.54 Å². The van der Waals surface area contributed by atoms with E-state index >= 15 is 0 Å². The van der Waals surface area contributed by atoms with Crippen LogP contribution >= 0.6 is 0 Å². The minimum atomic E-state index is -3.74. The number of imide groups is 1. The van der Waals surface area contributed by atoms with Gasteiger partial charge in [-0.15, -0.1) is 0 Å². The number of rotatable bonds is 6. The average molecular weight is 383 g/mol. The van der Waals surface area contributed by atoms with Gasteiger partial charge in [-0.1, -0.05) is 18.2 Å². The average Bonchev–Trinajstić information content (AvgIpc) is 2.97. The quantitative estimate of drug-likeness (QED) is 0.704. The third-order valence-corrected chi connectivity index (χ3v) is 4.96. The van der Waals surface area contributed by atoms with Gasteiger partial charge in [-0.2, -0.15) is 0 Å². The summed E-state index contributed by atoms with van der Waals surface area (Å²) >= 11 is 0. The first-order chi connectivity index (χ1) is 12.1. The lowest BCUT2D eigenvalue weighted by atomic mass is 10.2. The standard InChI is InChI=1S/C16H21N3O6S/c1-11-6-4-5-7-13(11)19(26(3,23)24)10-14(20)25-12(2)15(21)18-9-8-17-16(18)22/h4-7,12H,8-10H2,1-3H3,(H,17,22). The minimum Gasteiger partial charge on any atom is -0.451 e. The van der Waals surface area contributed by atoms with Crippen molar-refractivity contribution in [3.05, 3.63) is 29.8 Å². The van der Waals surface area contributed by atoms with Gasteiger partial charge in [-0.05, 0) is 25.5 Å². The van der Waals surface area contributed by atoms with Crippen LogP contribution in [0.2, 0.25) is 0 Å². The smallest absolute Gasteiger partial charge is 0.327 e. The van der Waals surface area contributed by atoms with Crippen LogP contribution in [0.25, 0.3) is 0 Å². The Bertz CT molecular complexity index is 823. The summed E-state index contributed by atoms with van der Waals surface area (Å²) in [7, 11) is -3.74. The zero-order valence-corrected chi connectivity index (χ0v) is 15.6. The van der Waals surface area contributed by atoms with Gasteiger partial charge < -0.3 is 10.1 Å². The molecule has 0 aliphatic carbocycles. The van der Waals surface area contributed by atoms with E-state index in [9.17, 15) is 22.8 Å². The number of nitrogens with one attached hydrogen (secondary N) is 1. The van der Waals surface area contributed by atoms with Gasteiger partial charge in [0.15, 0.2) is 6.10 Å². The second-order valence-electron chi connectivity index (χ2n) is 5.91. The number of amides is 3. The summed E-state index contributed by atoms with van der Waals surface area (Å²) in [5.41, 5.74) is 1.02. The molecule has 1 aliphatic rings. The number of para-hydroxylation sites is 1. The van der Waals surface area contributed by atoms with Gasteiger partial charge in [-0.3, -0.25) is 18.8 Å². The number of urea groups is 1. The Morgan fingerprint density at radius 3 is 2.54 bits per heavy atom. The van der Waals surface area contributed by atoms with Gasteiger partial charge >= 0.3 is 12.0 Å². The zero-order chi connectivity index (χ0) is 19.5. The van der Waals surface area contributed by atoms with Crippen LogP contribution in [0.5, 0.6) is 0 Å². The number of benzene rings is 1. The molecule has 0 spiro atoms. The number of hydrogen-bond acceptors (Lipinski definition) is 6. The van der Waals surface area contributed by atoms with Crippen molar-refractivity contribution in [2.24, 2.45) is 0 Å². The highest BCUT2D eigenvalue weighted by Gasteiger charge is 2.32. The number of anilines is 1. The predicted octanol–water partition coefficient (Wildman–Crippen LogP) is 0.245. The Balaban J connectivity index is 2.09. The Morgan fingerprint density at radius 2 is 2.00 bits per heavy atom. The highest BCUT2D eigenvalue weighted by Crippen LogP contribution is 2.22. The molecule has 2 rings (SSSR count). The fourth-order valence-corrected chi connectivity index (χ4v) is 3.43. The van der Waals surface area contributed by atoms with Crippen LogP contribution in [0.4, 0.5) is 10.5 Å². The van der Waals surface area contributed by atoms with Gasteiger partial charge in [0.25, 0.3) is 5.91 Å². The molecular formula is C16H21N3O6S. The summed E-state index contributed by atoms with van der Waals surface area (Å²) in [5, 5.41) is 2.48. The molecule has 0 aromatic heterocycles. The lowest BCUT2D eigenvalue weighted by Crippen LogP contribution is -2.43. The first kappa shape index (κ1) is 19.7. The molecule has 10 heteroatoms. The Hall–Kier alpha value is -2.62. The molecule has 9 nitrogen and oxygen atoms in total. The van der Waals surface area contributed by atoms with Gasteiger partial charge in [0.1, 0.15) is 6.54 Å². The maximum Gasteiger partial charge on any atom is 0.327 e. The number of carbonyl (C=O) groups excluding carboxylic acids is 3. The fraction of sp³-hybridized carbons (Fsp3) is 0.438. The molecule has 0 saturated carbocycles. The lowest BCUT2D eigenvalue weighted by molar-refractivity contribution is -0.156. The van der Waals surface area contributed by atoms with Crippen LogP contribution < -0.4 is 9.62 Å². The molecule has 1 N–H and O–H groups in total. The predicted molar refractivity (Wildman–Crippen MR) is 94.0 cm³/mol. The second-order valence-corrected chi connectivity index (χ2v) is 7.82. The molecule has 1 aliphatic heterocycles. The molecule has 1 atom stereocenters. The van der Waals surface area contributed by atoms with Gasteiger partial charge in [0, 0.05) is 13.1 Å². The van der Waals surface area contributed by atoms with Crippen molar-refractivity contribution < 1.29 is 27.5 Å². The Kier molecular flexibility index (Phi) is 5.86. The lowest BCUT2D eigenvalue weighted by Gasteiger charge is -2.24. The molecule has 142 valence electrons. The highest BCUT2D eigenvalue weighted by molar-refractivity contribution is 7.92. The van der Waals surface area contributed by atoms with E-state index in [1.54, 1.807) is 31.2 Å². The molecule has 1 saturated heterocycles. The normalized spacial score (nSPS) is 15.3. The van der Waals surface area contributed by atoms with Crippen molar-refractivity contribution in [1.82, 2.24) is 10.2 Å². The summed E-state index contributed by atoms with van der Waals surface area (Å²) in [6.07, 6.45) is -0.222. The third kappa shape index (κ3) is 4.51. The van der Waals surface area contributed by atoms with Crippen molar-refractivity contribution in [3.8, 4) is 0 Å². The van der Waals surface area contributed by atoms with E-state index in [1.807, 2.05) is 0 Å². The first-order valence-corrected chi connectivity index (χ1v) is 9.78. The molecule has 1 aromatic rings. The van der Waals surface area contributed by atoms with Crippen molar-refractivity contribution in [3.63, 3.8) is 0 Å². The number of ether oxygens (including phenoxy) is 1. The molecule has 1 fully saturated rings. The molecule has 1 heterocycles. The van der Waals surface area contributed by atoms with Crippen LogP contribution in [0.15, 0.2) is 24.3 Å². The molecule has 0 bridgehead atoms. The number of sulfonamides is 1. The summed E-state index contributed by atoms with van der Waals surface area (Å²) in [5.74, 6) is -1.55. The second kappa shape index (κ2) is 7.73. The van der Waals surface area contributed by atoms with Gasteiger partial charge in [-0.25, -0.2) is 13.2 Å². The zero-order valence-electron chi connectivity index (χ0n) is 14.8. The minimum absolute atomic E-state index is 0.193. The summed E-state index contributed by atoms with van der Waals surface area (Å²) in [4.78, 5) is 36.8. The molecule has 1 unspecified atom stereocenters. The molecule has 26 heavy (non-hydrogen) atoms. The third-order valence-electron chi connectivity index (χ3n) is 3.84. The van der Waals surface area contributed by atoms with E-state index in [0.29, 0.717) is 17.8 Å². The molecular weight excluding hydrogens is 362 g/mol. The SMILES string of the molecule is Cc1ccccc1N(CC(=O)OC(C)C(=O)N1CCNC1=O)S(C)(=O)=O. The van der Waals surface area contributed by atoms with Crippen LogP contribution in [0, 0.1) is 6.92 Å². The summed E-state index contributed by atoms with van der Waals surface area (Å²) in [6.45, 7) is 3.01. The van der Waals surface area contributed by atoms with Crippen molar-refractivity contribution in [2.75, 3.05) is 30.2 Å². The number of nitrogens with zero attached hydrogens (tertiary/aromatic N) is 2. The summed E-state index contributed by atoms with van der Waals surface area (Å²) in [6, 6.07) is 6.16. The van der Waals surface area contributed by atoms with E-state index < -0.39 is 40.6 Å². The van der Waals surface area contributed by atoms with E-state index in [0.717, 1.165) is 15.5 Å². The molecule has 3 amide bonds. The van der Waals surface area contributed by atoms with Crippen LogP contribution in [0.3, 0.4) is 0 Å². The van der Waals surface area contributed by atoms with Crippen molar-refractivity contribution in [1.29, 1.82) is 0 Å². The number of carbonyl (C=O) groups is 3. The van der Waals surface area contributed by atoms with Crippen molar-refractivity contribution in [2.45, 2.75) is 20.0 Å². The van der Waals surface area contributed by atoms with Crippen LogP contribution in [-0.2, 0) is 24.3 Å². The Morgan fingerprint density at radius 1 is 1.35 bits per heavy atom. The maximum atomic E-state index is 12.2. The van der Waals surface area contributed by atoms with E-state index in [2.05, 4.69) is 5.32 Å². The number of esters is 1. The van der Waals surface area contributed by atoms with Crippen molar-refractivity contribution >= 4 is 33.6 Å². The Labute approximate surface area is 152 Å². The first-order valence-electron chi connectivity index (χ1n) is 7.93. The topological polar surface area (TPSA) is 113 Å². The van der Waals surface area contributed by atoms with E-state index in [1.165, 1.54) is 6.92 Å². The molecule has 1 aromatic carbocycles. The largest absolute Gasteiger partial charge is 0.451 e.